The summed E-state index contributed by atoms with van der Waals surface area (Å²) in [6.07, 6.45) is 2.42. The van der Waals surface area contributed by atoms with Crippen molar-refractivity contribution in [2.45, 2.75) is 38.2 Å². The number of benzene rings is 2. The molecule has 1 aliphatic carbocycles. The molecule has 0 aromatic heterocycles. The third-order valence-corrected chi connectivity index (χ3v) is 4.71. The second kappa shape index (κ2) is 7.70. The van der Waals surface area contributed by atoms with Gasteiger partial charge in [0, 0.05) is 13.0 Å². The Morgan fingerprint density at radius 3 is 2.60 bits per heavy atom. The number of aryl methyl sites for hydroxylation is 1. The lowest BCUT2D eigenvalue weighted by Gasteiger charge is -2.33. The van der Waals surface area contributed by atoms with Crippen molar-refractivity contribution in [1.82, 2.24) is 5.32 Å². The molecule has 1 aliphatic rings. The molecular weight excluding hydrogens is 314 g/mol. The summed E-state index contributed by atoms with van der Waals surface area (Å²) in [6, 6.07) is 15.7. The van der Waals surface area contributed by atoms with Gasteiger partial charge in [0.25, 0.3) is 0 Å². The number of hydrogen-bond acceptors (Lipinski definition) is 3. The van der Waals surface area contributed by atoms with Gasteiger partial charge < -0.3 is 15.2 Å². The molecule has 0 saturated carbocycles. The number of rotatable bonds is 6. The monoisotopic (exact) mass is 339 g/mol. The van der Waals surface area contributed by atoms with E-state index in [2.05, 4.69) is 17.4 Å². The smallest absolute Gasteiger partial charge is 0.224 e. The van der Waals surface area contributed by atoms with Gasteiger partial charge in [-0.1, -0.05) is 36.4 Å². The van der Waals surface area contributed by atoms with Crippen LogP contribution in [0.2, 0.25) is 0 Å². The highest BCUT2D eigenvalue weighted by Gasteiger charge is 2.32. The third kappa shape index (κ3) is 4.60. The first-order chi connectivity index (χ1) is 12.1. The summed E-state index contributed by atoms with van der Waals surface area (Å²) >= 11 is 0. The van der Waals surface area contributed by atoms with Gasteiger partial charge in [0.15, 0.2) is 0 Å². The van der Waals surface area contributed by atoms with E-state index in [4.69, 9.17) is 4.74 Å². The molecule has 0 bridgehead atoms. The first kappa shape index (κ1) is 17.5. The van der Waals surface area contributed by atoms with Crippen molar-refractivity contribution in [3.63, 3.8) is 0 Å². The van der Waals surface area contributed by atoms with Crippen LogP contribution >= 0.6 is 0 Å². The van der Waals surface area contributed by atoms with Crippen LogP contribution in [0.3, 0.4) is 0 Å². The number of nitrogens with one attached hydrogen (secondary N) is 1. The summed E-state index contributed by atoms with van der Waals surface area (Å²) in [5.74, 6) is 0.735. The Morgan fingerprint density at radius 1 is 1.16 bits per heavy atom. The summed E-state index contributed by atoms with van der Waals surface area (Å²) in [5.41, 5.74) is 2.55. The summed E-state index contributed by atoms with van der Waals surface area (Å²) in [6.45, 7) is 2.86. The van der Waals surface area contributed by atoms with Crippen LogP contribution < -0.4 is 10.1 Å². The highest BCUT2D eigenvalue weighted by molar-refractivity contribution is 5.78. The zero-order chi connectivity index (χ0) is 17.7. The van der Waals surface area contributed by atoms with Gasteiger partial charge in [0.05, 0.1) is 18.6 Å². The summed E-state index contributed by atoms with van der Waals surface area (Å²) in [7, 11) is 0. The van der Waals surface area contributed by atoms with Crippen LogP contribution in [-0.2, 0) is 24.1 Å². The van der Waals surface area contributed by atoms with Crippen molar-refractivity contribution in [3.05, 3.63) is 65.2 Å². The van der Waals surface area contributed by atoms with E-state index in [0.29, 0.717) is 25.9 Å². The van der Waals surface area contributed by atoms with Crippen LogP contribution in [0.25, 0.3) is 0 Å². The van der Waals surface area contributed by atoms with Gasteiger partial charge >= 0.3 is 0 Å². The Kier molecular flexibility index (Phi) is 5.39. The van der Waals surface area contributed by atoms with Gasteiger partial charge in [-0.2, -0.15) is 0 Å². The lowest BCUT2D eigenvalue weighted by molar-refractivity contribution is -0.121. The zero-order valence-electron chi connectivity index (χ0n) is 14.6. The third-order valence-electron chi connectivity index (χ3n) is 4.71. The lowest BCUT2D eigenvalue weighted by Crippen LogP contribution is -2.47. The molecule has 1 unspecified atom stereocenters. The Morgan fingerprint density at radius 2 is 1.88 bits per heavy atom. The fraction of sp³-hybridized carbons (Fsp3) is 0.381. The Bertz CT molecular complexity index is 726. The lowest BCUT2D eigenvalue weighted by atomic mass is 9.80. The second-order valence-corrected chi connectivity index (χ2v) is 6.70. The van der Waals surface area contributed by atoms with E-state index in [1.54, 1.807) is 0 Å². The number of ether oxygens (including phenoxy) is 1. The van der Waals surface area contributed by atoms with E-state index in [-0.39, 0.29) is 12.5 Å². The van der Waals surface area contributed by atoms with E-state index >= 15 is 0 Å². The maximum absolute atomic E-state index is 12.2. The number of carbonyl (C=O) groups excluding carboxylic acids is 1. The summed E-state index contributed by atoms with van der Waals surface area (Å²) < 4.78 is 5.40. The van der Waals surface area contributed by atoms with Crippen molar-refractivity contribution in [2.24, 2.45) is 0 Å². The van der Waals surface area contributed by atoms with Gasteiger partial charge in [0.1, 0.15) is 5.75 Å². The molecule has 0 radical (unpaired) electrons. The van der Waals surface area contributed by atoms with Gasteiger partial charge in [-0.3, -0.25) is 4.79 Å². The Labute approximate surface area is 148 Å². The molecule has 0 saturated heterocycles. The Balaban J connectivity index is 1.52. The molecule has 0 heterocycles. The Hall–Kier alpha value is -2.33. The van der Waals surface area contributed by atoms with Gasteiger partial charge in [-0.15, -0.1) is 0 Å². The molecule has 4 heteroatoms. The molecule has 132 valence electrons. The molecular formula is C21H25NO3. The first-order valence-corrected chi connectivity index (χ1v) is 8.85. The van der Waals surface area contributed by atoms with E-state index < -0.39 is 5.60 Å². The van der Waals surface area contributed by atoms with Crippen LogP contribution in [0.1, 0.15) is 30.0 Å². The fourth-order valence-electron chi connectivity index (χ4n) is 3.32. The molecule has 1 amide bonds. The van der Waals surface area contributed by atoms with Crippen LogP contribution in [0.15, 0.2) is 48.5 Å². The van der Waals surface area contributed by atoms with Crippen LogP contribution in [-0.4, -0.2) is 29.8 Å². The van der Waals surface area contributed by atoms with E-state index in [9.17, 15) is 9.90 Å². The number of hydrogen-bond donors (Lipinski definition) is 2. The molecule has 25 heavy (non-hydrogen) atoms. The van der Waals surface area contributed by atoms with Gasteiger partial charge in [-0.25, -0.2) is 0 Å². The number of carbonyl (C=O) groups is 1. The van der Waals surface area contributed by atoms with E-state index in [0.717, 1.165) is 17.7 Å². The molecule has 1 atom stereocenters. The predicted molar refractivity (Wildman–Crippen MR) is 97.7 cm³/mol. The van der Waals surface area contributed by atoms with Crippen molar-refractivity contribution < 1.29 is 14.6 Å². The van der Waals surface area contributed by atoms with Crippen molar-refractivity contribution in [1.29, 1.82) is 0 Å². The normalized spacial score (nSPS) is 19.1. The molecule has 0 aliphatic heterocycles. The maximum Gasteiger partial charge on any atom is 0.224 e. The number of aliphatic hydroxyl groups is 1. The minimum atomic E-state index is -0.858. The standard InChI is InChI=1S/C21H25NO3/c1-2-25-19-9-7-16(8-10-19)13-20(23)22-15-21(24)12-11-17-5-3-4-6-18(17)14-21/h3-10,24H,2,11-15H2,1H3,(H,22,23). The second-order valence-electron chi connectivity index (χ2n) is 6.70. The number of fused-ring (bicyclic) bond motifs is 1. The fourth-order valence-corrected chi connectivity index (χ4v) is 3.32. The topological polar surface area (TPSA) is 58.6 Å². The van der Waals surface area contributed by atoms with Gasteiger partial charge in [-0.05, 0) is 48.6 Å². The van der Waals surface area contributed by atoms with Crippen molar-refractivity contribution in [3.8, 4) is 5.75 Å². The highest BCUT2D eigenvalue weighted by Crippen LogP contribution is 2.28. The molecule has 2 N–H and O–H groups in total. The van der Waals surface area contributed by atoms with Crippen LogP contribution in [0.5, 0.6) is 5.75 Å². The molecule has 0 fully saturated rings. The molecule has 4 nitrogen and oxygen atoms in total. The van der Waals surface area contributed by atoms with Gasteiger partial charge in [0.2, 0.25) is 5.91 Å². The van der Waals surface area contributed by atoms with Crippen LogP contribution in [0, 0.1) is 0 Å². The average Bonchev–Trinajstić information content (AvgIpc) is 2.62. The maximum atomic E-state index is 12.2. The SMILES string of the molecule is CCOc1ccc(CC(=O)NCC2(O)CCc3ccccc3C2)cc1. The first-order valence-electron chi connectivity index (χ1n) is 8.85. The predicted octanol–water partition coefficient (Wildman–Crippen LogP) is 2.66. The summed E-state index contributed by atoms with van der Waals surface area (Å²) in [4.78, 5) is 12.2. The minimum absolute atomic E-state index is 0.0727. The van der Waals surface area contributed by atoms with E-state index in [1.165, 1.54) is 11.1 Å². The van der Waals surface area contributed by atoms with Crippen molar-refractivity contribution >= 4 is 5.91 Å². The largest absolute Gasteiger partial charge is 0.494 e. The minimum Gasteiger partial charge on any atom is -0.494 e. The number of amides is 1. The summed E-state index contributed by atoms with van der Waals surface area (Å²) in [5, 5.41) is 13.7. The molecule has 3 rings (SSSR count). The molecule has 2 aromatic rings. The quantitative estimate of drug-likeness (QED) is 0.851. The highest BCUT2D eigenvalue weighted by atomic mass is 16.5. The van der Waals surface area contributed by atoms with E-state index in [1.807, 2.05) is 43.3 Å². The van der Waals surface area contributed by atoms with Crippen molar-refractivity contribution in [2.75, 3.05) is 13.2 Å². The zero-order valence-corrected chi connectivity index (χ0v) is 14.6. The average molecular weight is 339 g/mol. The molecule has 0 spiro atoms. The van der Waals surface area contributed by atoms with Crippen LogP contribution in [0.4, 0.5) is 0 Å². The molecule has 2 aromatic carbocycles.